The molecule has 11 nitrogen and oxygen atoms in total. The van der Waals surface area contributed by atoms with Crippen LogP contribution in [0.15, 0.2) is 57.7 Å². The minimum Gasteiger partial charge on any atom is -0.507 e. The number of carbonyl (C=O) groups excluding carboxylic acids is 2. The number of esters is 2. The Balaban J connectivity index is 1.70. The summed E-state index contributed by atoms with van der Waals surface area (Å²) in [6.45, 7) is -0.372. The van der Waals surface area contributed by atoms with Gasteiger partial charge in [-0.3, -0.25) is 9.59 Å². The molecule has 1 aliphatic rings. The lowest BCUT2D eigenvalue weighted by atomic mass is 9.85. The Bertz CT molecular complexity index is 1700. The number of benzene rings is 3. The van der Waals surface area contributed by atoms with Crippen LogP contribution in [0.25, 0.3) is 22.3 Å². The van der Waals surface area contributed by atoms with Crippen LogP contribution in [0, 0.1) is 0 Å². The van der Waals surface area contributed by atoms with Crippen molar-refractivity contribution in [3.63, 3.8) is 0 Å². The van der Waals surface area contributed by atoms with E-state index >= 15 is 0 Å². The van der Waals surface area contributed by atoms with Gasteiger partial charge >= 0.3 is 11.9 Å². The van der Waals surface area contributed by atoms with Crippen molar-refractivity contribution in [1.82, 2.24) is 0 Å². The molecule has 0 amide bonds. The topological polar surface area (TPSA) is 151 Å². The SMILES string of the molecule is COC(=O)COc1cc([C@H]2CC(=O)Oc3cc(O)c4c(=O)cc(-c5ccc(OC)c(O)c5)oc4c32)ccc1OC. The van der Waals surface area contributed by atoms with Crippen molar-refractivity contribution < 1.29 is 47.9 Å². The van der Waals surface area contributed by atoms with Gasteiger partial charge < -0.3 is 38.3 Å². The summed E-state index contributed by atoms with van der Waals surface area (Å²) in [6.07, 6.45) is -0.118. The number of fused-ring (bicyclic) bond motifs is 3. The number of phenolic OH excluding ortho intramolecular Hbond substituents is 2. The second-order valence-electron chi connectivity index (χ2n) is 8.88. The first kappa shape index (κ1) is 26.4. The van der Waals surface area contributed by atoms with Crippen LogP contribution in [0.5, 0.6) is 34.5 Å². The molecule has 5 rings (SSSR count). The van der Waals surface area contributed by atoms with Gasteiger partial charge in [0.2, 0.25) is 0 Å². The normalized spacial score (nSPS) is 14.3. The van der Waals surface area contributed by atoms with Crippen LogP contribution in [0.3, 0.4) is 0 Å². The lowest BCUT2D eigenvalue weighted by Crippen LogP contribution is -2.22. The molecule has 2 heterocycles. The number of rotatable bonds is 7. The van der Waals surface area contributed by atoms with E-state index in [1.54, 1.807) is 24.3 Å². The average molecular weight is 549 g/mol. The molecule has 0 spiro atoms. The minimum atomic E-state index is -0.687. The molecule has 11 heteroatoms. The molecule has 0 fully saturated rings. The zero-order valence-corrected chi connectivity index (χ0v) is 21.7. The molecule has 1 aromatic heterocycles. The van der Waals surface area contributed by atoms with Crippen molar-refractivity contribution in [2.24, 2.45) is 0 Å². The van der Waals surface area contributed by atoms with Crippen LogP contribution < -0.4 is 24.4 Å². The van der Waals surface area contributed by atoms with Crippen LogP contribution in [0.1, 0.15) is 23.5 Å². The predicted molar refractivity (Wildman–Crippen MR) is 140 cm³/mol. The molecule has 1 aliphatic heterocycles. The second-order valence-corrected chi connectivity index (χ2v) is 8.88. The summed E-state index contributed by atoms with van der Waals surface area (Å²) < 4.78 is 32.3. The Kier molecular flexibility index (Phi) is 6.95. The zero-order chi connectivity index (χ0) is 28.6. The number of hydrogen-bond acceptors (Lipinski definition) is 11. The van der Waals surface area contributed by atoms with E-state index in [1.165, 1.54) is 45.6 Å². The number of methoxy groups -OCH3 is 3. The Morgan fingerprint density at radius 3 is 2.38 bits per heavy atom. The van der Waals surface area contributed by atoms with Crippen LogP contribution in [0.2, 0.25) is 0 Å². The van der Waals surface area contributed by atoms with E-state index in [2.05, 4.69) is 4.74 Å². The van der Waals surface area contributed by atoms with Gasteiger partial charge in [-0.25, -0.2) is 4.79 Å². The summed E-state index contributed by atoms with van der Waals surface area (Å²) in [7, 11) is 4.09. The molecule has 0 bridgehead atoms. The highest BCUT2D eigenvalue weighted by molar-refractivity contribution is 5.93. The fraction of sp³-hybridized carbons (Fsp3) is 0.207. The first-order chi connectivity index (χ1) is 19.2. The summed E-state index contributed by atoms with van der Waals surface area (Å²) in [5.74, 6) is -1.50. The smallest absolute Gasteiger partial charge is 0.343 e. The fourth-order valence-electron chi connectivity index (χ4n) is 4.65. The molecule has 3 aromatic carbocycles. The van der Waals surface area contributed by atoms with Gasteiger partial charge in [0, 0.05) is 29.2 Å². The number of carbonyl (C=O) groups is 2. The lowest BCUT2D eigenvalue weighted by molar-refractivity contribution is -0.143. The quantitative estimate of drug-likeness (QED) is 0.256. The minimum absolute atomic E-state index is 0.0122. The maximum Gasteiger partial charge on any atom is 0.343 e. The van der Waals surface area contributed by atoms with Crippen molar-refractivity contribution in [2.75, 3.05) is 27.9 Å². The fourth-order valence-corrected chi connectivity index (χ4v) is 4.65. The summed E-state index contributed by atoms with van der Waals surface area (Å²) in [5.41, 5.74) is 0.771. The van der Waals surface area contributed by atoms with Crippen molar-refractivity contribution in [2.45, 2.75) is 12.3 Å². The monoisotopic (exact) mass is 548 g/mol. The van der Waals surface area contributed by atoms with Crippen LogP contribution in [-0.2, 0) is 14.3 Å². The first-order valence-electron chi connectivity index (χ1n) is 12.0. The van der Waals surface area contributed by atoms with E-state index in [0.29, 0.717) is 22.4 Å². The van der Waals surface area contributed by atoms with Gasteiger partial charge in [-0.15, -0.1) is 0 Å². The molecular formula is C29H24O11. The van der Waals surface area contributed by atoms with Crippen LogP contribution in [-0.4, -0.2) is 50.1 Å². The van der Waals surface area contributed by atoms with Gasteiger partial charge in [-0.2, -0.15) is 0 Å². The Morgan fingerprint density at radius 2 is 1.68 bits per heavy atom. The van der Waals surface area contributed by atoms with E-state index in [4.69, 9.17) is 23.4 Å². The Labute approximate surface area is 227 Å². The summed E-state index contributed by atoms with van der Waals surface area (Å²) in [6, 6.07) is 11.8. The van der Waals surface area contributed by atoms with Gasteiger partial charge in [-0.05, 0) is 35.9 Å². The number of aromatic hydroxyl groups is 2. The highest BCUT2D eigenvalue weighted by Gasteiger charge is 2.34. The van der Waals surface area contributed by atoms with E-state index in [0.717, 1.165) is 0 Å². The van der Waals surface area contributed by atoms with Crippen molar-refractivity contribution in [1.29, 1.82) is 0 Å². The van der Waals surface area contributed by atoms with Gasteiger partial charge in [0.05, 0.1) is 27.8 Å². The third kappa shape index (κ3) is 4.73. The number of ether oxygens (including phenoxy) is 5. The van der Waals surface area contributed by atoms with Crippen molar-refractivity contribution in [3.8, 4) is 45.8 Å². The summed E-state index contributed by atoms with van der Waals surface area (Å²) in [4.78, 5) is 37.5. The van der Waals surface area contributed by atoms with E-state index < -0.39 is 29.0 Å². The molecule has 40 heavy (non-hydrogen) atoms. The van der Waals surface area contributed by atoms with E-state index in [1.807, 2.05) is 0 Å². The lowest BCUT2D eigenvalue weighted by Gasteiger charge is -2.26. The number of hydrogen-bond donors (Lipinski definition) is 2. The third-order valence-electron chi connectivity index (χ3n) is 6.55. The first-order valence-corrected chi connectivity index (χ1v) is 12.0. The highest BCUT2D eigenvalue weighted by atomic mass is 16.6. The molecule has 0 saturated heterocycles. The van der Waals surface area contributed by atoms with Gasteiger partial charge in [0.25, 0.3) is 0 Å². The predicted octanol–water partition coefficient (Wildman–Crippen LogP) is 3.88. The molecule has 1 atom stereocenters. The maximum absolute atomic E-state index is 13.2. The van der Waals surface area contributed by atoms with Gasteiger partial charge in [0.1, 0.15) is 28.2 Å². The standard InChI is InChI=1S/C29H24O11/c1-35-20-6-5-15(8-17(20)30)22-11-18(31)28-19(32)12-24-27(29(28)40-22)16(10-25(33)39-24)14-4-7-21(36-2)23(9-14)38-13-26(34)37-3/h4-9,11-12,16,30,32H,10,13H2,1-3H3/t16-/m1/s1. The summed E-state index contributed by atoms with van der Waals surface area (Å²) in [5, 5.41) is 20.9. The molecular weight excluding hydrogens is 524 g/mol. The molecule has 4 aromatic rings. The molecule has 2 N–H and O–H groups in total. The highest BCUT2D eigenvalue weighted by Crippen LogP contribution is 2.47. The molecule has 206 valence electrons. The molecule has 0 saturated carbocycles. The van der Waals surface area contributed by atoms with Crippen molar-refractivity contribution in [3.05, 3.63) is 69.9 Å². The molecule has 0 aliphatic carbocycles. The largest absolute Gasteiger partial charge is 0.507 e. The third-order valence-corrected chi connectivity index (χ3v) is 6.55. The van der Waals surface area contributed by atoms with Crippen LogP contribution in [0.4, 0.5) is 0 Å². The molecule has 0 radical (unpaired) electrons. The Hall–Kier alpha value is -5.19. The zero-order valence-electron chi connectivity index (χ0n) is 21.7. The number of phenols is 2. The Morgan fingerprint density at radius 1 is 0.925 bits per heavy atom. The van der Waals surface area contributed by atoms with Crippen LogP contribution >= 0.6 is 0 Å². The average Bonchev–Trinajstić information content (AvgIpc) is 2.94. The van der Waals surface area contributed by atoms with E-state index in [9.17, 15) is 24.6 Å². The molecule has 0 unspecified atom stereocenters. The second kappa shape index (κ2) is 10.5. The maximum atomic E-state index is 13.2. The summed E-state index contributed by atoms with van der Waals surface area (Å²) >= 11 is 0. The van der Waals surface area contributed by atoms with Gasteiger partial charge in [0.15, 0.2) is 35.0 Å². The van der Waals surface area contributed by atoms with E-state index in [-0.39, 0.29) is 52.8 Å². The van der Waals surface area contributed by atoms with Crippen molar-refractivity contribution >= 4 is 22.9 Å². The van der Waals surface area contributed by atoms with Gasteiger partial charge in [-0.1, -0.05) is 6.07 Å².